The molecule has 41 heavy (non-hydrogen) atoms. The zero-order valence-electron chi connectivity index (χ0n) is 22.6. The maximum Gasteiger partial charge on any atom is 2.00 e. The summed E-state index contributed by atoms with van der Waals surface area (Å²) in [5.41, 5.74) is 0.635. The van der Waals surface area contributed by atoms with E-state index in [4.69, 9.17) is 19.5 Å². The number of carbonyl (C=O) groups excluding carboxylic acids is 3. The van der Waals surface area contributed by atoms with Crippen LogP contribution in [0.1, 0.15) is 72.3 Å². The molecule has 2 amide bonds. The van der Waals surface area contributed by atoms with E-state index in [1.807, 2.05) is 0 Å². The van der Waals surface area contributed by atoms with E-state index in [9.17, 15) is 9.59 Å². The Morgan fingerprint density at radius 1 is 0.780 bits per heavy atom. The Balaban J connectivity index is 0.000000767. The summed E-state index contributed by atoms with van der Waals surface area (Å²) < 4.78 is 9.89. The fourth-order valence-corrected chi connectivity index (χ4v) is 3.84. The summed E-state index contributed by atoms with van der Waals surface area (Å²) in [5.74, 6) is -0.707. The Labute approximate surface area is 261 Å². The number of nitrogens with zero attached hydrogens (tertiary/aromatic N) is 4. The van der Waals surface area contributed by atoms with Crippen molar-refractivity contribution in [1.29, 1.82) is 0 Å². The van der Waals surface area contributed by atoms with Gasteiger partial charge in [0.1, 0.15) is 11.8 Å². The molecule has 0 spiro atoms. The zero-order chi connectivity index (χ0) is 28.0. The first-order valence-electron chi connectivity index (χ1n) is 13.0. The molecular formula is C27H35CoCrN4O8-. The molecule has 2 aliphatic heterocycles. The number of pyridine rings is 2. The Hall–Kier alpha value is -2.41. The third-order valence-corrected chi connectivity index (χ3v) is 5.75. The predicted octanol–water partition coefficient (Wildman–Crippen LogP) is 4.58. The van der Waals surface area contributed by atoms with Crippen LogP contribution in [0.25, 0.3) is 10.6 Å². The second-order valence-corrected chi connectivity index (χ2v) is 8.60. The topological polar surface area (TPSA) is 162 Å². The fourth-order valence-electron chi connectivity index (χ4n) is 3.84. The van der Waals surface area contributed by atoms with E-state index in [0.29, 0.717) is 11.4 Å². The molecular weight excluding hydrogens is 619 g/mol. The number of amides is 2. The molecule has 4 heterocycles. The monoisotopic (exact) mass is 654 g/mol. The van der Waals surface area contributed by atoms with Gasteiger partial charge in [0.15, 0.2) is 0 Å². The molecule has 1 N–H and O–H groups in total. The molecule has 2 unspecified atom stereocenters. The van der Waals surface area contributed by atoms with Crippen molar-refractivity contribution in [1.82, 2.24) is 9.97 Å². The van der Waals surface area contributed by atoms with Gasteiger partial charge in [0.2, 0.25) is 0 Å². The minimum atomic E-state index is -0.354. The van der Waals surface area contributed by atoms with Crippen molar-refractivity contribution >= 4 is 18.3 Å². The third-order valence-electron chi connectivity index (χ3n) is 5.75. The molecule has 14 heteroatoms. The van der Waals surface area contributed by atoms with Crippen molar-refractivity contribution in [2.45, 2.75) is 63.5 Å². The SMILES string of the molecule is C1CCOC1.C1CCOC1.O=C([N-]C1CCCCC1[N-]C(=O)c1ccccn1)c1ccccn1.O=[C-]OOO.[Co].[Cr+2]. The van der Waals surface area contributed by atoms with Crippen molar-refractivity contribution in [2.24, 2.45) is 0 Å². The van der Waals surface area contributed by atoms with E-state index < -0.39 is 0 Å². The second kappa shape index (κ2) is 25.3. The number of aromatic nitrogens is 2. The molecule has 1 radical (unpaired) electrons. The molecule has 5 rings (SSSR count). The van der Waals surface area contributed by atoms with Gasteiger partial charge in [-0.15, -0.1) is 12.1 Å². The van der Waals surface area contributed by atoms with Crippen molar-refractivity contribution in [3.05, 3.63) is 70.8 Å². The van der Waals surface area contributed by atoms with Crippen LogP contribution in [0.2, 0.25) is 0 Å². The largest absolute Gasteiger partial charge is 2.00 e. The number of hydrogen-bond donors (Lipinski definition) is 1. The molecule has 2 saturated heterocycles. The van der Waals surface area contributed by atoms with Crippen molar-refractivity contribution in [2.75, 3.05) is 26.4 Å². The number of ether oxygens (including phenoxy) is 2. The average molecular weight is 655 g/mol. The number of rotatable bonds is 6. The predicted molar refractivity (Wildman–Crippen MR) is 140 cm³/mol. The van der Waals surface area contributed by atoms with Gasteiger partial charge in [0.25, 0.3) is 0 Å². The zero-order valence-corrected chi connectivity index (χ0v) is 24.9. The molecule has 227 valence electrons. The van der Waals surface area contributed by atoms with Gasteiger partial charge in [-0.05, 0) is 56.4 Å². The Morgan fingerprint density at radius 2 is 1.20 bits per heavy atom. The van der Waals surface area contributed by atoms with Crippen molar-refractivity contribution < 1.29 is 73.2 Å². The summed E-state index contributed by atoms with van der Waals surface area (Å²) in [4.78, 5) is 44.4. The summed E-state index contributed by atoms with van der Waals surface area (Å²) >= 11 is 0. The van der Waals surface area contributed by atoms with Crippen LogP contribution in [-0.2, 0) is 58.3 Å². The molecule has 0 bridgehead atoms. The van der Waals surface area contributed by atoms with Crippen LogP contribution in [0.15, 0.2) is 48.8 Å². The number of carbonyl (C=O) groups is 2. The molecule has 2 aromatic heterocycles. The summed E-state index contributed by atoms with van der Waals surface area (Å²) in [6, 6.07) is 9.73. The van der Waals surface area contributed by atoms with E-state index in [1.165, 1.54) is 25.7 Å². The molecule has 3 fully saturated rings. The first-order chi connectivity index (χ1) is 19.2. The molecule has 12 nitrogen and oxygen atoms in total. The summed E-state index contributed by atoms with van der Waals surface area (Å²) in [7, 11) is 0. The van der Waals surface area contributed by atoms with Gasteiger partial charge in [-0.3, -0.25) is 9.97 Å². The minimum Gasteiger partial charge on any atom is -0.646 e. The standard InChI is InChI=1S/C18H20N4O2.2C4H8O.CHO4.Co.Cr/c23-17(15-9-3-5-11-19-15)21-13-7-1-2-8-14(13)22-18(24)16-10-4-6-12-20-16;2*1-2-4-5-3-1;2-1-4-5-3;;/h3-6,9-14H,1-2,7-8H2,(H2,21,22,23,24);2*1-4H2;3H;;/q;;;-1;;+2/p-2. The first kappa shape index (κ1) is 38.6. The van der Waals surface area contributed by atoms with Gasteiger partial charge < -0.3 is 39.4 Å². The quantitative estimate of drug-likeness (QED) is 0.265. The van der Waals surface area contributed by atoms with Gasteiger partial charge in [0, 0.05) is 55.6 Å². The third kappa shape index (κ3) is 17.2. The van der Waals surface area contributed by atoms with E-state index in [1.54, 1.807) is 48.8 Å². The van der Waals surface area contributed by atoms with E-state index >= 15 is 0 Å². The van der Waals surface area contributed by atoms with E-state index in [2.05, 4.69) is 30.5 Å². The Morgan fingerprint density at radius 3 is 1.44 bits per heavy atom. The molecule has 0 aromatic carbocycles. The van der Waals surface area contributed by atoms with Crippen LogP contribution in [0.4, 0.5) is 0 Å². The van der Waals surface area contributed by atoms with Gasteiger partial charge >= 0.3 is 17.4 Å². The normalized spacial score (nSPS) is 18.5. The molecule has 1 saturated carbocycles. The van der Waals surface area contributed by atoms with Crippen LogP contribution < -0.4 is 0 Å². The van der Waals surface area contributed by atoms with Crippen molar-refractivity contribution in [3.8, 4) is 0 Å². The number of hydrogen-bond acceptors (Lipinski definition) is 10. The van der Waals surface area contributed by atoms with Crippen LogP contribution in [0, 0.1) is 0 Å². The minimum absolute atomic E-state index is 0. The van der Waals surface area contributed by atoms with Crippen molar-refractivity contribution in [3.63, 3.8) is 0 Å². The van der Waals surface area contributed by atoms with Gasteiger partial charge in [-0.2, -0.15) is 0 Å². The Kier molecular flexibility index (Phi) is 23.8. The van der Waals surface area contributed by atoms with Crippen LogP contribution in [-0.4, -0.2) is 72.0 Å². The average Bonchev–Trinajstić information content (AvgIpc) is 3.76. The Bertz CT molecular complexity index is 855. The van der Waals surface area contributed by atoms with Crippen LogP contribution >= 0.6 is 0 Å². The molecule has 3 aliphatic rings. The smallest absolute Gasteiger partial charge is 0.646 e. The van der Waals surface area contributed by atoms with Crippen LogP contribution in [0.3, 0.4) is 0 Å². The van der Waals surface area contributed by atoms with E-state index in [-0.39, 0.29) is 58.0 Å². The van der Waals surface area contributed by atoms with Crippen LogP contribution in [0.5, 0.6) is 0 Å². The second-order valence-electron chi connectivity index (χ2n) is 8.60. The molecule has 2 aromatic rings. The molecule has 1 aliphatic carbocycles. The summed E-state index contributed by atoms with van der Waals surface area (Å²) in [5, 5.41) is 18.4. The maximum atomic E-state index is 12.2. The summed E-state index contributed by atoms with van der Waals surface area (Å²) in [6.07, 6.45) is 11.7. The van der Waals surface area contributed by atoms with Gasteiger partial charge in [-0.1, -0.05) is 42.9 Å². The van der Waals surface area contributed by atoms with E-state index in [0.717, 1.165) is 58.6 Å². The molecule has 2 atom stereocenters. The fraction of sp³-hybridized carbons (Fsp3) is 0.519. The maximum absolute atomic E-state index is 12.2. The van der Waals surface area contributed by atoms with Gasteiger partial charge in [-0.25, -0.2) is 5.26 Å². The summed E-state index contributed by atoms with van der Waals surface area (Å²) in [6.45, 7) is 4.80. The first-order valence-corrected chi connectivity index (χ1v) is 13.0. The van der Waals surface area contributed by atoms with Gasteiger partial charge in [0.05, 0.1) is 11.4 Å².